The molecule has 2 aromatic heterocycles. The minimum absolute atomic E-state index is 0.184. The molecule has 1 atom stereocenters. The maximum absolute atomic E-state index is 10.9. The van der Waals surface area contributed by atoms with Crippen molar-refractivity contribution in [1.29, 1.82) is 0 Å². The summed E-state index contributed by atoms with van der Waals surface area (Å²) in [4.78, 5) is 8.95. The van der Waals surface area contributed by atoms with Gasteiger partial charge in [-0.1, -0.05) is 16.8 Å². The van der Waals surface area contributed by atoms with Crippen LogP contribution in [0.4, 0.5) is 0 Å². The Hall–Kier alpha value is -2.84. The van der Waals surface area contributed by atoms with Crippen molar-refractivity contribution in [1.82, 2.24) is 20.8 Å². The summed E-state index contributed by atoms with van der Waals surface area (Å²) in [5.74, 6) is 3.10. The fourth-order valence-corrected chi connectivity index (χ4v) is 3.31. The average Bonchev–Trinajstić information content (AvgIpc) is 3.33. The van der Waals surface area contributed by atoms with Crippen molar-refractivity contribution in [2.45, 2.75) is 39.7 Å². The normalized spacial score (nSPS) is 13.8. The van der Waals surface area contributed by atoms with Crippen molar-refractivity contribution < 1.29 is 14.0 Å². The van der Waals surface area contributed by atoms with E-state index >= 15 is 0 Å². The van der Waals surface area contributed by atoms with Crippen LogP contribution >= 0.6 is 11.6 Å². The summed E-state index contributed by atoms with van der Waals surface area (Å²) in [6, 6.07) is 9.11. The number of aromatic nitrogens is 2. The van der Waals surface area contributed by atoms with E-state index in [-0.39, 0.29) is 6.54 Å². The largest absolute Gasteiger partial charge is 0.466 e. The van der Waals surface area contributed by atoms with Gasteiger partial charge in [-0.05, 0) is 58.0 Å². The molecular weight excluding hydrogens is 418 g/mol. The fraction of sp³-hybridized carbons (Fsp3) is 0.409. The van der Waals surface area contributed by atoms with Crippen LogP contribution in [0.15, 0.2) is 44.3 Å². The molecule has 0 spiro atoms. The number of nitrogens with one attached hydrogen (secondary N) is 2. The van der Waals surface area contributed by atoms with Gasteiger partial charge in [0.2, 0.25) is 11.7 Å². The highest BCUT2D eigenvalue weighted by molar-refractivity contribution is 6.30. The van der Waals surface area contributed by atoms with Gasteiger partial charge in [0.1, 0.15) is 17.1 Å². The molecule has 3 N–H and O–H groups in total. The molecule has 0 aliphatic carbocycles. The molecule has 0 bridgehead atoms. The molecule has 166 valence electrons. The number of guanidine groups is 1. The highest BCUT2D eigenvalue weighted by atomic mass is 35.5. The Morgan fingerprint density at radius 1 is 1.23 bits per heavy atom. The van der Waals surface area contributed by atoms with E-state index in [4.69, 9.17) is 20.5 Å². The molecule has 2 heterocycles. The second-order valence-electron chi connectivity index (χ2n) is 7.49. The number of hydrogen-bond acceptors (Lipinski definition) is 6. The quantitative estimate of drug-likeness (QED) is 0.359. The van der Waals surface area contributed by atoms with Crippen molar-refractivity contribution in [2.75, 3.05) is 19.6 Å². The zero-order valence-corrected chi connectivity index (χ0v) is 19.0. The van der Waals surface area contributed by atoms with E-state index in [0.29, 0.717) is 48.0 Å². The lowest BCUT2D eigenvalue weighted by Gasteiger charge is -2.21. The lowest BCUT2D eigenvalue weighted by Crippen LogP contribution is -2.39. The van der Waals surface area contributed by atoms with Crippen molar-refractivity contribution in [3.05, 3.63) is 58.3 Å². The summed E-state index contributed by atoms with van der Waals surface area (Å²) in [6.45, 7) is 8.83. The minimum atomic E-state index is -1.13. The Morgan fingerprint density at radius 2 is 1.97 bits per heavy atom. The number of halogens is 1. The zero-order valence-electron chi connectivity index (χ0n) is 18.2. The highest BCUT2D eigenvalue weighted by Crippen LogP contribution is 2.27. The molecule has 0 amide bonds. The average molecular weight is 446 g/mol. The molecule has 31 heavy (non-hydrogen) atoms. The molecular formula is C22H28ClN5O3. The first kappa shape index (κ1) is 22.8. The van der Waals surface area contributed by atoms with Gasteiger partial charge in [0, 0.05) is 35.7 Å². The highest BCUT2D eigenvalue weighted by Gasteiger charge is 2.27. The number of hydrogen-bond donors (Lipinski definition) is 3. The molecule has 0 radical (unpaired) electrons. The number of nitrogens with zero attached hydrogens (tertiary/aromatic N) is 3. The monoisotopic (exact) mass is 445 g/mol. The topological polar surface area (TPSA) is 109 Å². The Balaban J connectivity index is 1.58. The first-order valence-corrected chi connectivity index (χ1v) is 10.6. The van der Waals surface area contributed by atoms with Crippen LogP contribution in [0.3, 0.4) is 0 Å². The van der Waals surface area contributed by atoms with Gasteiger partial charge in [-0.25, -0.2) is 4.99 Å². The summed E-state index contributed by atoms with van der Waals surface area (Å²) in [5, 5.41) is 21.9. The second kappa shape index (κ2) is 9.98. The number of rotatable bonds is 8. The van der Waals surface area contributed by atoms with E-state index < -0.39 is 5.60 Å². The Morgan fingerprint density at radius 3 is 2.61 bits per heavy atom. The van der Waals surface area contributed by atoms with Crippen molar-refractivity contribution >= 4 is 17.6 Å². The molecule has 3 rings (SSSR count). The third-order valence-corrected chi connectivity index (χ3v) is 4.96. The van der Waals surface area contributed by atoms with E-state index in [1.807, 2.05) is 39.0 Å². The summed E-state index contributed by atoms with van der Waals surface area (Å²) < 4.78 is 10.9. The lowest BCUT2D eigenvalue weighted by molar-refractivity contribution is 0.0657. The number of furan rings is 1. The third-order valence-electron chi connectivity index (χ3n) is 4.71. The van der Waals surface area contributed by atoms with E-state index in [9.17, 15) is 5.11 Å². The Kier molecular flexibility index (Phi) is 7.35. The van der Waals surface area contributed by atoms with Gasteiger partial charge in [-0.15, -0.1) is 0 Å². The van der Waals surface area contributed by atoms with E-state index in [2.05, 4.69) is 25.8 Å². The molecule has 0 saturated carbocycles. The second-order valence-corrected chi connectivity index (χ2v) is 7.93. The number of aliphatic imine (C=N–C) groups is 1. The summed E-state index contributed by atoms with van der Waals surface area (Å²) in [7, 11) is 0. The third kappa shape index (κ3) is 6.08. The van der Waals surface area contributed by atoms with E-state index in [1.165, 1.54) is 0 Å². The lowest BCUT2D eigenvalue weighted by atomic mass is 9.96. The maximum Gasteiger partial charge on any atom is 0.228 e. The van der Waals surface area contributed by atoms with Gasteiger partial charge in [-0.3, -0.25) is 0 Å². The van der Waals surface area contributed by atoms with Crippen LogP contribution in [0.5, 0.6) is 0 Å². The van der Waals surface area contributed by atoms with Crippen LogP contribution in [-0.4, -0.2) is 40.8 Å². The number of aliphatic hydroxyl groups is 1. The fourth-order valence-electron chi connectivity index (χ4n) is 3.19. The number of benzene rings is 1. The van der Waals surface area contributed by atoms with Crippen LogP contribution < -0.4 is 10.6 Å². The molecule has 0 aliphatic rings. The van der Waals surface area contributed by atoms with Crippen LogP contribution in [-0.2, 0) is 12.0 Å². The van der Waals surface area contributed by atoms with Crippen LogP contribution in [0, 0.1) is 13.8 Å². The molecule has 9 heteroatoms. The van der Waals surface area contributed by atoms with Gasteiger partial charge in [0.25, 0.3) is 0 Å². The first-order chi connectivity index (χ1) is 14.8. The van der Waals surface area contributed by atoms with Gasteiger partial charge >= 0.3 is 0 Å². The summed E-state index contributed by atoms with van der Waals surface area (Å²) >= 11 is 5.92. The Bertz CT molecular complexity index is 1020. The SMILES string of the molecule is CCNC(=NCC(C)(O)c1cc(C)oc1C)NCCc1nc(-c2ccc(Cl)cc2)no1. The smallest absolute Gasteiger partial charge is 0.228 e. The van der Waals surface area contributed by atoms with Crippen molar-refractivity contribution in [3.8, 4) is 11.4 Å². The molecule has 1 aromatic carbocycles. The van der Waals surface area contributed by atoms with Crippen LogP contribution in [0.25, 0.3) is 11.4 Å². The van der Waals surface area contributed by atoms with Crippen molar-refractivity contribution in [3.63, 3.8) is 0 Å². The number of aryl methyl sites for hydroxylation is 2. The molecule has 0 fully saturated rings. The standard InChI is InChI=1S/C22H28ClN5O3/c1-5-24-21(26-13-22(4,29)18-12-14(2)30-15(18)3)25-11-10-19-27-20(28-31-19)16-6-8-17(23)9-7-16/h6-9,12,29H,5,10-11,13H2,1-4H3,(H2,24,25,26). The minimum Gasteiger partial charge on any atom is -0.466 e. The van der Waals surface area contributed by atoms with Crippen LogP contribution in [0.2, 0.25) is 5.02 Å². The van der Waals surface area contributed by atoms with E-state index in [0.717, 1.165) is 16.9 Å². The predicted octanol–water partition coefficient (Wildman–Crippen LogP) is 3.61. The first-order valence-electron chi connectivity index (χ1n) is 10.2. The summed E-state index contributed by atoms with van der Waals surface area (Å²) in [6.07, 6.45) is 0.529. The van der Waals surface area contributed by atoms with Gasteiger partial charge in [-0.2, -0.15) is 4.98 Å². The maximum atomic E-state index is 10.9. The molecule has 8 nitrogen and oxygen atoms in total. The van der Waals surface area contributed by atoms with Gasteiger partial charge in [0.15, 0.2) is 5.96 Å². The van der Waals surface area contributed by atoms with Crippen molar-refractivity contribution in [2.24, 2.45) is 4.99 Å². The van der Waals surface area contributed by atoms with Crippen LogP contribution in [0.1, 0.15) is 36.8 Å². The molecule has 0 saturated heterocycles. The molecule has 3 aromatic rings. The van der Waals surface area contributed by atoms with E-state index in [1.54, 1.807) is 19.1 Å². The zero-order chi connectivity index (χ0) is 22.4. The molecule has 1 unspecified atom stereocenters. The van der Waals surface area contributed by atoms with Gasteiger partial charge in [0.05, 0.1) is 6.54 Å². The Labute approximate surface area is 186 Å². The summed E-state index contributed by atoms with van der Waals surface area (Å²) in [5.41, 5.74) is 0.448. The van der Waals surface area contributed by atoms with Gasteiger partial charge < -0.3 is 24.7 Å². The molecule has 0 aliphatic heterocycles. The predicted molar refractivity (Wildman–Crippen MR) is 120 cm³/mol.